The number of piperidine rings is 2. The van der Waals surface area contributed by atoms with E-state index in [9.17, 15) is 19.2 Å². The van der Waals surface area contributed by atoms with Crippen molar-refractivity contribution in [2.75, 3.05) is 94.9 Å². The average molecular weight is 1550 g/mol. The fourth-order valence-electron chi connectivity index (χ4n) is 12.3. The molecule has 15 rings (SSSR count). The molecule has 0 aliphatic carbocycles. The molecule has 32 nitrogen and oxygen atoms in total. The number of ether oxygens (including phenoxy) is 1. The van der Waals surface area contributed by atoms with Crippen LogP contribution in [-0.2, 0) is 30.9 Å². The fraction of sp³-hybridized carbons (Fsp3) is 0.301. The van der Waals surface area contributed by atoms with E-state index in [1.807, 2.05) is 135 Å². The van der Waals surface area contributed by atoms with E-state index in [1.54, 1.807) is 89.1 Å². The number of aromatic nitrogens is 18. The third-order valence-corrected chi connectivity index (χ3v) is 18.2. The number of carbonyl (C=O) groups is 4. The maximum absolute atomic E-state index is 12.6. The van der Waals surface area contributed by atoms with Crippen molar-refractivity contribution < 1.29 is 23.9 Å². The number of hydrogen-bond donors (Lipinski definition) is 5. The Bertz CT molecular complexity index is 4980. The number of anilines is 4. The number of rotatable bonds is 21. The van der Waals surface area contributed by atoms with Crippen molar-refractivity contribution >= 4 is 47.4 Å². The second-order valence-corrected chi connectivity index (χ2v) is 27.7. The van der Waals surface area contributed by atoms with Crippen LogP contribution < -0.4 is 26.6 Å². The predicted octanol–water partition coefficient (Wildman–Crippen LogP) is 9.83. The van der Waals surface area contributed by atoms with Crippen molar-refractivity contribution in [3.8, 4) is 46.1 Å². The van der Waals surface area contributed by atoms with E-state index in [-0.39, 0.29) is 47.4 Å². The molecule has 0 saturated carbocycles. The third kappa shape index (κ3) is 25.3. The minimum Gasteiger partial charge on any atom is -0.379 e. The Kier molecular flexibility index (Phi) is 29.1. The summed E-state index contributed by atoms with van der Waals surface area (Å²) in [6.45, 7) is 18.0. The van der Waals surface area contributed by atoms with Crippen molar-refractivity contribution in [1.29, 1.82) is 0 Å². The molecule has 3 aliphatic rings. The summed E-state index contributed by atoms with van der Waals surface area (Å²) in [6.07, 6.45) is 15.9. The highest BCUT2D eigenvalue weighted by atomic mass is 16.5. The molecule has 32 heteroatoms. The van der Waals surface area contributed by atoms with E-state index in [2.05, 4.69) is 143 Å². The first-order valence-corrected chi connectivity index (χ1v) is 37.9. The van der Waals surface area contributed by atoms with Crippen LogP contribution >= 0.6 is 0 Å². The van der Waals surface area contributed by atoms with Crippen LogP contribution in [0.5, 0.6) is 0 Å². The van der Waals surface area contributed by atoms with Crippen molar-refractivity contribution in [2.24, 2.45) is 0 Å². The highest BCUT2D eigenvalue weighted by Gasteiger charge is 2.21. The summed E-state index contributed by atoms with van der Waals surface area (Å²) >= 11 is 0. The Balaban J connectivity index is 0.000000142. The smallest absolute Gasteiger partial charge is 0.259 e. The van der Waals surface area contributed by atoms with Gasteiger partial charge in [0.15, 0.2) is 23.3 Å². The molecule has 0 atom stereocenters. The number of pyridine rings is 6. The molecule has 13 heterocycles. The zero-order valence-corrected chi connectivity index (χ0v) is 65.3. The monoisotopic (exact) mass is 1550 g/mol. The number of nitrogens with one attached hydrogen (secondary N) is 5. The number of carbonyl (C=O) groups excluding carboxylic acids is 4. The maximum Gasteiger partial charge on any atom is 0.259 e. The third-order valence-electron chi connectivity index (χ3n) is 18.2. The van der Waals surface area contributed by atoms with Crippen LogP contribution in [0.2, 0.25) is 0 Å². The number of aryl methyl sites for hydroxylation is 4. The molecule has 12 aromatic rings. The first kappa shape index (κ1) is 81.5. The van der Waals surface area contributed by atoms with Gasteiger partial charge in [-0.15, -0.1) is 0 Å². The summed E-state index contributed by atoms with van der Waals surface area (Å²) in [5, 5.41) is 14.5. The molecule has 588 valence electrons. The SMILES string of the molecule is Cc1nc(NC(=O)c2ccc(CN(C)C)cc2)nc(-c2ccccn2)n1.Cc1nc(NC(=O)c2ccc(CN3CCCCC3)nc2)nc(-c2ccccn2)n1.Cc1nc(NC(=O)c2ccc(CN3CCOCC3)cc2)nc(-c2ccccn2)n1.Cc1nc(NC(=O)c2ccc(CNC3CCN(C)CC3)nc2)nc(-c2ccccn2)n1. The lowest BCUT2D eigenvalue weighted by Gasteiger charge is -2.29. The van der Waals surface area contributed by atoms with Crippen molar-refractivity contribution in [3.05, 3.63) is 251 Å². The summed E-state index contributed by atoms with van der Waals surface area (Å²) < 4.78 is 5.37. The predicted molar refractivity (Wildman–Crippen MR) is 434 cm³/mol. The molecule has 0 radical (unpaired) electrons. The molecule has 115 heavy (non-hydrogen) atoms. The van der Waals surface area contributed by atoms with E-state index in [0.29, 0.717) is 104 Å². The van der Waals surface area contributed by atoms with E-state index >= 15 is 0 Å². The lowest BCUT2D eigenvalue weighted by molar-refractivity contribution is 0.0342. The quantitative estimate of drug-likeness (QED) is 0.0446. The second kappa shape index (κ2) is 41.0. The Labute approximate surface area is 666 Å². The van der Waals surface area contributed by atoms with E-state index in [1.165, 1.54) is 19.3 Å². The molecule has 0 unspecified atom stereocenters. The highest BCUT2D eigenvalue weighted by Crippen LogP contribution is 2.21. The Morgan fingerprint density at radius 2 is 0.757 bits per heavy atom. The summed E-state index contributed by atoms with van der Waals surface area (Å²) in [5.41, 5.74) is 8.67. The van der Waals surface area contributed by atoms with Gasteiger partial charge < -0.3 is 19.9 Å². The van der Waals surface area contributed by atoms with Crippen LogP contribution in [0.25, 0.3) is 46.1 Å². The fourth-order valence-corrected chi connectivity index (χ4v) is 12.3. The van der Waals surface area contributed by atoms with E-state index in [0.717, 1.165) is 107 Å². The number of likely N-dealkylation sites (tertiary alicyclic amines) is 2. The number of hydrogen-bond acceptors (Lipinski definition) is 28. The van der Waals surface area contributed by atoms with Gasteiger partial charge in [-0.25, -0.2) is 19.9 Å². The van der Waals surface area contributed by atoms with Gasteiger partial charge in [0.2, 0.25) is 23.8 Å². The van der Waals surface area contributed by atoms with Gasteiger partial charge in [0.25, 0.3) is 23.6 Å². The van der Waals surface area contributed by atoms with Gasteiger partial charge in [-0.05, 0) is 209 Å². The molecule has 3 fully saturated rings. The number of nitrogens with zero attached hydrogens (tertiary/aromatic N) is 22. The standard InChI is InChI=1S/C22H26N8O.C21H23N7O.C21H22N6O2.C19H20N6O/c1-15-26-20(19-5-3-4-10-23-19)28-22(27-15)29-21(31)16-6-7-18(24-13-16)14-25-17-8-11-30(2)12-9-17;1-15-24-19(18-7-3-4-10-22-18)26-21(25-15)27-20(29)16-8-9-17(23-13-16)14-28-11-5-2-6-12-28;1-15-23-19(18-4-2-3-9-22-18)25-21(24-15)26-20(28)17-7-5-16(6-8-17)14-27-10-12-29-13-11-27;1-13-21-17(16-6-4-5-11-20-16)23-19(22-13)24-18(26)15-9-7-14(8-10-15)12-25(2)3/h3-7,10,13,17,25H,8-9,11-12,14H2,1-2H3,(H,26,27,28,29,31);3-4,7-10,13H,2,5-6,11-12,14H2,1H3,(H,24,25,26,27,29);2-9H,10-14H2,1H3,(H,23,24,25,26,28);4-11H,12H2,1-3H3,(H,21,22,23,24,26). The molecule has 5 N–H and O–H groups in total. The van der Waals surface area contributed by atoms with Gasteiger partial charge in [-0.1, -0.05) is 55.0 Å². The highest BCUT2D eigenvalue weighted by molar-refractivity contribution is 6.05. The largest absolute Gasteiger partial charge is 0.379 e. The van der Waals surface area contributed by atoms with Gasteiger partial charge in [0.1, 0.15) is 46.1 Å². The molecule has 4 amide bonds. The van der Waals surface area contributed by atoms with Crippen LogP contribution in [0.15, 0.2) is 183 Å². The lowest BCUT2D eigenvalue weighted by atomic mass is 10.1. The molecular weight excluding hydrogens is 1460 g/mol. The summed E-state index contributed by atoms with van der Waals surface area (Å²) in [7, 11) is 6.16. The van der Waals surface area contributed by atoms with Crippen LogP contribution in [0.3, 0.4) is 0 Å². The van der Waals surface area contributed by atoms with Gasteiger partial charge >= 0.3 is 0 Å². The minimum atomic E-state index is -0.320. The Hall–Kier alpha value is -13.0. The van der Waals surface area contributed by atoms with Crippen LogP contribution in [0.1, 0.15) is 119 Å². The number of morpholine rings is 1. The van der Waals surface area contributed by atoms with Gasteiger partial charge in [-0.3, -0.25) is 80.1 Å². The molecule has 0 spiro atoms. The van der Waals surface area contributed by atoms with Crippen LogP contribution in [-0.4, -0.2) is 213 Å². The zero-order valence-electron chi connectivity index (χ0n) is 65.3. The Morgan fingerprint density at radius 3 is 1.12 bits per heavy atom. The number of amides is 4. The summed E-state index contributed by atoms with van der Waals surface area (Å²) in [4.78, 5) is 137. The second-order valence-electron chi connectivity index (χ2n) is 27.7. The molecule has 3 aliphatic heterocycles. The average Bonchev–Trinajstić information content (AvgIpc) is 0.846. The van der Waals surface area contributed by atoms with Crippen molar-refractivity contribution in [2.45, 2.75) is 92.0 Å². The van der Waals surface area contributed by atoms with Crippen LogP contribution in [0.4, 0.5) is 23.8 Å². The summed E-state index contributed by atoms with van der Waals surface area (Å²) in [5.74, 6) is 3.36. The zero-order chi connectivity index (χ0) is 80.3. The number of benzene rings is 2. The summed E-state index contributed by atoms with van der Waals surface area (Å²) in [6, 6.07) is 44.8. The van der Waals surface area contributed by atoms with Gasteiger partial charge in [-0.2, -0.15) is 39.9 Å². The van der Waals surface area contributed by atoms with Gasteiger partial charge in [0, 0.05) is 93.6 Å². The van der Waals surface area contributed by atoms with E-state index in [4.69, 9.17) is 4.74 Å². The first-order chi connectivity index (χ1) is 55.9. The Morgan fingerprint density at radius 1 is 0.391 bits per heavy atom. The maximum atomic E-state index is 12.6. The van der Waals surface area contributed by atoms with Crippen molar-refractivity contribution in [1.82, 2.24) is 115 Å². The molecule has 3 saturated heterocycles. The van der Waals surface area contributed by atoms with E-state index < -0.39 is 0 Å². The van der Waals surface area contributed by atoms with Gasteiger partial charge in [0.05, 0.1) is 35.7 Å². The topological polar surface area (TPSA) is 383 Å². The molecular formula is C83H91N27O5. The van der Waals surface area contributed by atoms with Crippen molar-refractivity contribution in [3.63, 3.8) is 0 Å². The first-order valence-electron chi connectivity index (χ1n) is 37.9. The normalized spacial score (nSPS) is 13.8. The molecule has 2 aromatic carbocycles. The van der Waals surface area contributed by atoms with Crippen LogP contribution in [0, 0.1) is 27.7 Å². The molecule has 10 aromatic heterocycles. The minimum absolute atomic E-state index is 0.186. The molecule has 0 bridgehead atoms. The lowest BCUT2D eigenvalue weighted by Crippen LogP contribution is -2.40.